The summed E-state index contributed by atoms with van der Waals surface area (Å²) in [5.41, 5.74) is 6.07. The van der Waals surface area contributed by atoms with E-state index in [9.17, 15) is 8.42 Å². The molecular weight excluding hydrogens is 332 g/mol. The van der Waals surface area contributed by atoms with Gasteiger partial charge in [-0.1, -0.05) is 6.42 Å². The minimum absolute atomic E-state index is 0.00881. The molecule has 0 unspecified atom stereocenters. The summed E-state index contributed by atoms with van der Waals surface area (Å²) in [6.45, 7) is -0.0656. The van der Waals surface area contributed by atoms with Gasteiger partial charge >= 0.3 is 0 Å². The molecule has 7 heteroatoms. The molecule has 1 aromatic rings. The molecule has 1 aliphatic carbocycles. The van der Waals surface area contributed by atoms with Crippen LogP contribution in [0.15, 0.2) is 27.6 Å². The molecule has 19 heavy (non-hydrogen) atoms. The molecule has 0 amide bonds. The number of aliphatic hydroxyl groups is 1. The second-order valence-corrected chi connectivity index (χ2v) is 7.33. The van der Waals surface area contributed by atoms with Crippen LogP contribution in [0.4, 0.5) is 5.69 Å². The minimum atomic E-state index is -3.63. The summed E-state index contributed by atoms with van der Waals surface area (Å²) in [5.74, 6) is 0. The first-order valence-corrected chi connectivity index (χ1v) is 8.38. The van der Waals surface area contributed by atoms with Gasteiger partial charge in [-0.05, 0) is 47.0 Å². The van der Waals surface area contributed by atoms with Gasteiger partial charge in [0.05, 0.1) is 11.5 Å². The number of nitrogens with zero attached hydrogens (tertiary/aromatic N) is 1. The summed E-state index contributed by atoms with van der Waals surface area (Å²) < 4.78 is 27.2. The first kappa shape index (κ1) is 14.8. The number of hydrogen-bond donors (Lipinski definition) is 2. The topological polar surface area (TPSA) is 83.6 Å². The number of nitrogen functional groups attached to an aromatic ring is 1. The van der Waals surface area contributed by atoms with E-state index in [2.05, 4.69) is 15.9 Å². The fourth-order valence-corrected chi connectivity index (χ4v) is 4.75. The summed E-state index contributed by atoms with van der Waals surface area (Å²) in [4.78, 5) is 0.160. The van der Waals surface area contributed by atoms with Crippen molar-refractivity contribution in [1.82, 2.24) is 4.31 Å². The van der Waals surface area contributed by atoms with E-state index < -0.39 is 10.0 Å². The second kappa shape index (κ2) is 5.78. The molecule has 0 saturated heterocycles. The Labute approximate surface area is 121 Å². The van der Waals surface area contributed by atoms with Crippen molar-refractivity contribution >= 4 is 31.6 Å². The lowest BCUT2D eigenvalue weighted by atomic mass is 9.93. The van der Waals surface area contributed by atoms with Crippen LogP contribution < -0.4 is 5.73 Å². The van der Waals surface area contributed by atoms with Crippen LogP contribution in [0.5, 0.6) is 0 Å². The van der Waals surface area contributed by atoms with Gasteiger partial charge in [0.1, 0.15) is 0 Å². The molecule has 0 atom stereocenters. The Kier molecular flexibility index (Phi) is 4.50. The van der Waals surface area contributed by atoms with Crippen LogP contribution in [0.1, 0.15) is 19.3 Å². The van der Waals surface area contributed by atoms with Crippen LogP contribution in [0.25, 0.3) is 0 Å². The number of aliphatic hydroxyl groups excluding tert-OH is 1. The third-order valence-electron chi connectivity index (χ3n) is 3.34. The molecule has 1 saturated carbocycles. The first-order valence-electron chi connectivity index (χ1n) is 6.14. The van der Waals surface area contributed by atoms with Crippen LogP contribution in [0.2, 0.25) is 0 Å². The molecule has 1 aromatic carbocycles. The van der Waals surface area contributed by atoms with E-state index in [0.717, 1.165) is 19.3 Å². The smallest absolute Gasteiger partial charge is 0.244 e. The van der Waals surface area contributed by atoms with Gasteiger partial charge in [-0.25, -0.2) is 8.42 Å². The van der Waals surface area contributed by atoms with Gasteiger partial charge in [0, 0.05) is 22.7 Å². The molecule has 0 spiro atoms. The maximum Gasteiger partial charge on any atom is 0.244 e. The number of nitrogens with two attached hydrogens (primary N) is 1. The van der Waals surface area contributed by atoms with Gasteiger partial charge in [0.2, 0.25) is 10.0 Å². The highest BCUT2D eigenvalue weighted by Crippen LogP contribution is 2.33. The lowest BCUT2D eigenvalue weighted by molar-refractivity contribution is 0.178. The van der Waals surface area contributed by atoms with Gasteiger partial charge < -0.3 is 10.8 Å². The summed E-state index contributed by atoms with van der Waals surface area (Å²) in [6, 6.07) is 4.70. The summed E-state index contributed by atoms with van der Waals surface area (Å²) >= 11 is 3.25. The monoisotopic (exact) mass is 348 g/mol. The third-order valence-corrected chi connectivity index (χ3v) is 6.29. The van der Waals surface area contributed by atoms with Crippen LogP contribution >= 0.6 is 15.9 Å². The van der Waals surface area contributed by atoms with E-state index >= 15 is 0 Å². The molecule has 0 aromatic heterocycles. The highest BCUT2D eigenvalue weighted by molar-refractivity contribution is 9.10. The largest absolute Gasteiger partial charge is 0.399 e. The molecule has 0 aliphatic heterocycles. The molecule has 0 radical (unpaired) electrons. The van der Waals surface area contributed by atoms with Gasteiger partial charge in [0.15, 0.2) is 0 Å². The van der Waals surface area contributed by atoms with Crippen molar-refractivity contribution in [2.24, 2.45) is 0 Å². The molecule has 0 bridgehead atoms. The van der Waals surface area contributed by atoms with E-state index in [4.69, 9.17) is 10.8 Å². The number of anilines is 1. The number of benzene rings is 1. The maximum atomic E-state index is 12.7. The maximum absolute atomic E-state index is 12.7. The van der Waals surface area contributed by atoms with Crippen molar-refractivity contribution in [1.29, 1.82) is 0 Å². The third kappa shape index (κ3) is 2.94. The Morgan fingerprint density at radius 1 is 1.42 bits per heavy atom. The van der Waals surface area contributed by atoms with E-state index in [1.807, 2.05) is 0 Å². The standard InChI is InChI=1S/C12H17BrN2O3S/c13-11-5-4-9(14)8-12(11)19(17,18)15(6-7-16)10-2-1-3-10/h4-5,8,10,16H,1-3,6-7,14H2. The van der Waals surface area contributed by atoms with Crippen LogP contribution in [-0.2, 0) is 10.0 Å². The summed E-state index contributed by atoms with van der Waals surface area (Å²) in [5, 5.41) is 9.10. The summed E-state index contributed by atoms with van der Waals surface area (Å²) in [7, 11) is -3.63. The predicted octanol–water partition coefficient (Wildman–Crippen LogP) is 1.57. The number of hydrogen-bond acceptors (Lipinski definition) is 4. The lowest BCUT2D eigenvalue weighted by Gasteiger charge is -2.36. The van der Waals surface area contributed by atoms with Crippen molar-refractivity contribution in [2.75, 3.05) is 18.9 Å². The molecule has 0 heterocycles. The molecular formula is C12H17BrN2O3S. The average Bonchev–Trinajstić information content (AvgIpc) is 2.29. The van der Waals surface area contributed by atoms with Gasteiger partial charge in [-0.15, -0.1) is 0 Å². The normalized spacial score (nSPS) is 16.6. The van der Waals surface area contributed by atoms with Crippen molar-refractivity contribution in [2.45, 2.75) is 30.2 Å². The molecule has 5 nitrogen and oxygen atoms in total. The SMILES string of the molecule is Nc1ccc(Br)c(S(=O)(=O)N(CCO)C2CCC2)c1. The highest BCUT2D eigenvalue weighted by atomic mass is 79.9. The molecule has 1 aliphatic rings. The molecule has 1 fully saturated rings. The zero-order valence-corrected chi connectivity index (χ0v) is 12.8. The van der Waals surface area contributed by atoms with E-state index in [-0.39, 0.29) is 24.1 Å². The van der Waals surface area contributed by atoms with Crippen molar-refractivity contribution in [3.05, 3.63) is 22.7 Å². The highest BCUT2D eigenvalue weighted by Gasteiger charge is 2.35. The molecule has 3 N–H and O–H groups in total. The second-order valence-electron chi connectivity index (χ2n) is 4.61. The average molecular weight is 349 g/mol. The van der Waals surface area contributed by atoms with Crippen molar-refractivity contribution in [3.63, 3.8) is 0 Å². The quantitative estimate of drug-likeness (QED) is 0.791. The molecule has 2 rings (SSSR count). The van der Waals surface area contributed by atoms with Gasteiger partial charge in [-0.3, -0.25) is 0 Å². The van der Waals surface area contributed by atoms with Crippen LogP contribution in [0, 0.1) is 0 Å². The van der Waals surface area contributed by atoms with Gasteiger partial charge in [0.25, 0.3) is 0 Å². The lowest BCUT2D eigenvalue weighted by Crippen LogP contribution is -2.45. The van der Waals surface area contributed by atoms with E-state index in [1.165, 1.54) is 10.4 Å². The van der Waals surface area contributed by atoms with E-state index in [1.54, 1.807) is 12.1 Å². The zero-order chi connectivity index (χ0) is 14.0. The zero-order valence-electron chi connectivity index (χ0n) is 10.4. The Balaban J connectivity index is 2.40. The Bertz CT molecular complexity index is 558. The fraction of sp³-hybridized carbons (Fsp3) is 0.500. The summed E-state index contributed by atoms with van der Waals surface area (Å²) in [6.07, 6.45) is 2.72. The number of rotatable bonds is 5. The van der Waals surface area contributed by atoms with Crippen LogP contribution in [-0.4, -0.2) is 37.0 Å². The molecule has 106 valence electrons. The number of sulfonamides is 1. The van der Waals surface area contributed by atoms with E-state index in [0.29, 0.717) is 10.2 Å². The fourth-order valence-electron chi connectivity index (χ4n) is 2.12. The van der Waals surface area contributed by atoms with Gasteiger partial charge in [-0.2, -0.15) is 4.31 Å². The Morgan fingerprint density at radius 3 is 2.63 bits per heavy atom. The first-order chi connectivity index (χ1) is 8.96. The number of halogens is 1. The minimum Gasteiger partial charge on any atom is -0.399 e. The predicted molar refractivity (Wildman–Crippen MR) is 77.2 cm³/mol. The Morgan fingerprint density at radius 2 is 2.11 bits per heavy atom. The van der Waals surface area contributed by atoms with Crippen LogP contribution in [0.3, 0.4) is 0 Å². The van der Waals surface area contributed by atoms with Crippen molar-refractivity contribution in [3.8, 4) is 0 Å². The van der Waals surface area contributed by atoms with Crippen molar-refractivity contribution < 1.29 is 13.5 Å². The Hall–Kier alpha value is -0.630.